The van der Waals surface area contributed by atoms with E-state index < -0.39 is 35.1 Å². The van der Waals surface area contributed by atoms with Crippen LogP contribution in [0.5, 0.6) is 5.75 Å². The fourth-order valence-electron chi connectivity index (χ4n) is 8.39. The maximum Gasteiger partial charge on any atom is 0.272 e. The number of benzene rings is 4. The van der Waals surface area contributed by atoms with E-state index >= 15 is 17.6 Å². The SMILES string of the molecule is C[C@@H]1Cc2c([nH]c3ccccc23)[C@@H](c2c(F)cc(OCCN3CCN(C(=O)c4cc(Cc5n[nH]c(=O)c6ccccc56)ccc4F)CC3)cc2F)N1CC(C)(C)F. The van der Waals surface area contributed by atoms with E-state index in [1.165, 1.54) is 38.1 Å². The lowest BCUT2D eigenvalue weighted by Crippen LogP contribution is -2.49. The van der Waals surface area contributed by atoms with E-state index in [0.717, 1.165) is 16.5 Å². The monoisotopic (exact) mass is 780 g/mol. The van der Waals surface area contributed by atoms with Crippen LogP contribution in [-0.2, 0) is 12.8 Å². The number of fused-ring (bicyclic) bond motifs is 4. The molecule has 296 valence electrons. The molecule has 2 aliphatic rings. The van der Waals surface area contributed by atoms with E-state index in [4.69, 9.17) is 4.74 Å². The summed E-state index contributed by atoms with van der Waals surface area (Å²) in [7, 11) is 0. The van der Waals surface area contributed by atoms with Gasteiger partial charge in [-0.3, -0.25) is 19.4 Å². The number of piperazine rings is 1. The van der Waals surface area contributed by atoms with Crippen molar-refractivity contribution in [2.45, 2.75) is 51.4 Å². The zero-order valence-corrected chi connectivity index (χ0v) is 32.0. The highest BCUT2D eigenvalue weighted by molar-refractivity contribution is 5.95. The summed E-state index contributed by atoms with van der Waals surface area (Å²) in [5, 5.41) is 8.90. The van der Waals surface area contributed by atoms with Gasteiger partial charge in [0.25, 0.3) is 11.5 Å². The third kappa shape index (κ3) is 7.78. The number of alkyl halides is 1. The second-order valence-electron chi connectivity index (χ2n) is 15.7. The first-order valence-electron chi connectivity index (χ1n) is 19.3. The molecule has 0 aliphatic carbocycles. The molecule has 6 aromatic rings. The predicted octanol–water partition coefficient (Wildman–Crippen LogP) is 7.33. The maximum atomic E-state index is 16.1. The number of rotatable bonds is 10. The average Bonchev–Trinajstić information content (AvgIpc) is 3.55. The summed E-state index contributed by atoms with van der Waals surface area (Å²) in [6.45, 7) is 7.17. The Hall–Kier alpha value is -5.53. The highest BCUT2D eigenvalue weighted by atomic mass is 19.1. The molecule has 1 saturated heterocycles. The number of ether oxygens (including phenoxy) is 1. The number of aromatic nitrogens is 3. The maximum absolute atomic E-state index is 16.1. The number of carbonyl (C=O) groups excluding carboxylic acids is 1. The van der Waals surface area contributed by atoms with Gasteiger partial charge in [-0.2, -0.15) is 5.10 Å². The number of halogens is 4. The minimum absolute atomic E-state index is 0.0153. The zero-order chi connectivity index (χ0) is 40.0. The molecule has 8 rings (SSSR count). The molecule has 2 atom stereocenters. The molecule has 2 aromatic heterocycles. The summed E-state index contributed by atoms with van der Waals surface area (Å²) in [5.41, 5.74) is 1.69. The molecule has 0 radical (unpaired) electrons. The van der Waals surface area contributed by atoms with E-state index in [-0.39, 0.29) is 41.6 Å². The summed E-state index contributed by atoms with van der Waals surface area (Å²) >= 11 is 0. The van der Waals surface area contributed by atoms with Crippen molar-refractivity contribution in [3.63, 3.8) is 0 Å². The molecule has 0 bridgehead atoms. The standard InChI is InChI=1S/C44H44F4N6O3/c1-26-20-32-30-9-6-7-11-37(30)49-40(32)41(54(26)25-44(2,3)48)39-35(46)23-28(24-36(39)47)57-19-18-52-14-16-53(17-15-52)43(56)33-21-27(12-13-34(33)45)22-38-29-8-4-5-10-31(29)42(55)51-50-38/h4-13,21,23-24,26,41,49H,14-20,22,25H2,1-3H3,(H,51,55)/t26-,41-/m1/s1. The number of carbonyl (C=O) groups is 1. The Morgan fingerprint density at radius 2 is 1.58 bits per heavy atom. The number of nitrogens with one attached hydrogen (secondary N) is 2. The van der Waals surface area contributed by atoms with Crippen LogP contribution in [0.4, 0.5) is 17.6 Å². The van der Waals surface area contributed by atoms with Crippen molar-refractivity contribution in [2.75, 3.05) is 45.9 Å². The van der Waals surface area contributed by atoms with Crippen molar-refractivity contribution in [1.82, 2.24) is 29.9 Å². The summed E-state index contributed by atoms with van der Waals surface area (Å²) < 4.78 is 68.2. The highest BCUT2D eigenvalue weighted by Gasteiger charge is 2.41. The molecule has 2 N–H and O–H groups in total. The van der Waals surface area contributed by atoms with Gasteiger partial charge < -0.3 is 14.6 Å². The average molecular weight is 781 g/mol. The fourth-order valence-corrected chi connectivity index (χ4v) is 8.39. The molecule has 0 unspecified atom stereocenters. The van der Waals surface area contributed by atoms with Crippen LogP contribution >= 0.6 is 0 Å². The van der Waals surface area contributed by atoms with E-state index in [2.05, 4.69) is 20.1 Å². The third-order valence-corrected chi connectivity index (χ3v) is 11.1. The Bertz CT molecular complexity index is 2500. The molecule has 9 nitrogen and oxygen atoms in total. The largest absolute Gasteiger partial charge is 0.492 e. The number of H-pyrrole nitrogens is 2. The molecule has 13 heteroatoms. The van der Waals surface area contributed by atoms with Gasteiger partial charge in [0.2, 0.25) is 0 Å². The molecule has 2 aliphatic heterocycles. The molecule has 0 spiro atoms. The van der Waals surface area contributed by atoms with Crippen molar-refractivity contribution in [1.29, 1.82) is 0 Å². The molecule has 4 aromatic carbocycles. The first-order chi connectivity index (χ1) is 27.3. The van der Waals surface area contributed by atoms with Crippen LogP contribution < -0.4 is 10.3 Å². The van der Waals surface area contributed by atoms with Crippen molar-refractivity contribution in [2.24, 2.45) is 0 Å². The second-order valence-corrected chi connectivity index (χ2v) is 15.7. The Morgan fingerprint density at radius 3 is 2.30 bits per heavy atom. The first-order valence-corrected chi connectivity index (χ1v) is 19.3. The van der Waals surface area contributed by atoms with E-state index in [9.17, 15) is 9.59 Å². The van der Waals surface area contributed by atoms with E-state index in [0.29, 0.717) is 73.3 Å². The topological polar surface area (TPSA) is 97.6 Å². The van der Waals surface area contributed by atoms with Gasteiger partial charge in [0.05, 0.1) is 22.7 Å². The normalized spacial score (nSPS) is 18.0. The predicted molar refractivity (Wildman–Crippen MR) is 211 cm³/mol. The van der Waals surface area contributed by atoms with Crippen LogP contribution in [0.3, 0.4) is 0 Å². The van der Waals surface area contributed by atoms with Crippen LogP contribution in [0, 0.1) is 17.5 Å². The fraction of sp³-hybridized carbons (Fsp3) is 0.341. The summed E-state index contributed by atoms with van der Waals surface area (Å²) in [6, 6.07) is 20.6. The molecular weight excluding hydrogens is 737 g/mol. The smallest absolute Gasteiger partial charge is 0.272 e. The quantitative estimate of drug-likeness (QED) is 0.141. The Balaban J connectivity index is 0.908. The van der Waals surface area contributed by atoms with Gasteiger partial charge in [-0.1, -0.05) is 42.5 Å². The van der Waals surface area contributed by atoms with Gasteiger partial charge in [-0.25, -0.2) is 22.7 Å². The van der Waals surface area contributed by atoms with Crippen molar-refractivity contribution in [3.05, 3.63) is 140 Å². The summed E-state index contributed by atoms with van der Waals surface area (Å²) in [5.74, 6) is -2.55. The zero-order valence-electron chi connectivity index (χ0n) is 32.0. The van der Waals surface area contributed by atoms with Gasteiger partial charge in [0.1, 0.15) is 35.5 Å². The number of hydrogen-bond acceptors (Lipinski definition) is 6. The molecule has 0 saturated carbocycles. The summed E-state index contributed by atoms with van der Waals surface area (Å²) in [6.07, 6.45) is 0.904. The van der Waals surface area contributed by atoms with Crippen LogP contribution in [0.1, 0.15) is 65.2 Å². The molecule has 4 heterocycles. The minimum atomic E-state index is -1.60. The van der Waals surface area contributed by atoms with Gasteiger partial charge in [0, 0.05) is 91.4 Å². The highest BCUT2D eigenvalue weighted by Crippen LogP contribution is 2.43. The van der Waals surface area contributed by atoms with Crippen LogP contribution in [0.2, 0.25) is 0 Å². The second kappa shape index (κ2) is 15.4. The minimum Gasteiger partial charge on any atom is -0.492 e. The van der Waals surface area contributed by atoms with Gasteiger partial charge in [0.15, 0.2) is 0 Å². The Morgan fingerprint density at radius 1 is 0.895 bits per heavy atom. The molecular formula is C44H44F4N6O3. The number of aromatic amines is 2. The number of nitrogens with zero attached hydrogens (tertiary/aromatic N) is 4. The Kier molecular flexibility index (Phi) is 10.4. The molecule has 57 heavy (non-hydrogen) atoms. The summed E-state index contributed by atoms with van der Waals surface area (Å²) in [4.78, 5) is 34.6. The Labute approximate surface area is 327 Å². The lowest BCUT2D eigenvalue weighted by molar-refractivity contribution is 0.0614. The van der Waals surface area contributed by atoms with E-state index in [1.807, 2.05) is 48.2 Å². The van der Waals surface area contributed by atoms with Gasteiger partial charge in [-0.05, 0) is 62.6 Å². The molecule has 1 fully saturated rings. The van der Waals surface area contributed by atoms with Gasteiger partial charge >= 0.3 is 0 Å². The van der Waals surface area contributed by atoms with Crippen LogP contribution in [0.15, 0.2) is 83.7 Å². The lowest BCUT2D eigenvalue weighted by Gasteiger charge is -2.43. The number of hydrogen-bond donors (Lipinski definition) is 2. The lowest BCUT2D eigenvalue weighted by atomic mass is 9.87. The van der Waals surface area contributed by atoms with Crippen molar-refractivity contribution < 1.29 is 27.1 Å². The van der Waals surface area contributed by atoms with Crippen molar-refractivity contribution in [3.8, 4) is 5.75 Å². The number of amides is 1. The molecule has 1 amide bonds. The van der Waals surface area contributed by atoms with Crippen molar-refractivity contribution >= 4 is 27.6 Å². The van der Waals surface area contributed by atoms with Crippen LogP contribution in [-0.4, -0.2) is 93.4 Å². The number of para-hydroxylation sites is 1. The first kappa shape index (κ1) is 38.3. The van der Waals surface area contributed by atoms with Gasteiger partial charge in [-0.15, -0.1) is 0 Å². The van der Waals surface area contributed by atoms with E-state index in [1.54, 1.807) is 23.1 Å². The van der Waals surface area contributed by atoms with Crippen LogP contribution in [0.25, 0.3) is 21.7 Å². The third-order valence-electron chi connectivity index (χ3n) is 11.1.